The lowest BCUT2D eigenvalue weighted by Crippen LogP contribution is -2.14. The van der Waals surface area contributed by atoms with Crippen LogP contribution in [0.4, 0.5) is 11.4 Å². The largest absolute Gasteiger partial charge is 0.495 e. The highest BCUT2D eigenvalue weighted by Gasteiger charge is 2.20. The zero-order chi connectivity index (χ0) is 15.6. The molecule has 2 aromatic carbocycles. The Bertz CT molecular complexity index is 779. The molecule has 2 rings (SSSR count). The summed E-state index contributed by atoms with van der Waals surface area (Å²) < 4.78 is 32.2. The molecule has 0 heterocycles. The molecular formula is C13H12Cl2N2O3S. The Morgan fingerprint density at radius 2 is 1.86 bits per heavy atom. The van der Waals surface area contributed by atoms with Crippen molar-refractivity contribution in [2.45, 2.75) is 4.90 Å². The fraction of sp³-hybridized carbons (Fsp3) is 0.0769. The van der Waals surface area contributed by atoms with Gasteiger partial charge < -0.3 is 10.5 Å². The maximum atomic E-state index is 12.4. The lowest BCUT2D eigenvalue weighted by atomic mass is 10.3. The predicted octanol–water partition coefficient (Wildman–Crippen LogP) is 3.39. The van der Waals surface area contributed by atoms with Crippen LogP contribution in [0.1, 0.15) is 0 Å². The number of nitrogens with one attached hydrogen (secondary N) is 1. The average Bonchev–Trinajstić information content (AvgIpc) is 2.41. The van der Waals surface area contributed by atoms with Gasteiger partial charge in [0.25, 0.3) is 10.0 Å². The molecular weight excluding hydrogens is 335 g/mol. The third kappa shape index (κ3) is 3.53. The predicted molar refractivity (Wildman–Crippen MR) is 84.7 cm³/mol. The number of sulfonamides is 1. The standard InChI is InChI=1S/C13H12Cl2N2O3S/c1-20-12-7-9(16)3-5-13(12)21(18,19)17-11-4-2-8(14)6-10(11)15/h2-7,17H,16H2,1H3. The van der Waals surface area contributed by atoms with Crippen LogP contribution in [-0.2, 0) is 10.0 Å². The van der Waals surface area contributed by atoms with Crippen LogP contribution in [0.5, 0.6) is 5.75 Å². The summed E-state index contributed by atoms with van der Waals surface area (Å²) in [6.45, 7) is 0. The first-order chi connectivity index (χ1) is 9.83. The molecule has 8 heteroatoms. The van der Waals surface area contributed by atoms with Crippen molar-refractivity contribution < 1.29 is 13.2 Å². The number of rotatable bonds is 4. The van der Waals surface area contributed by atoms with Crippen LogP contribution in [-0.4, -0.2) is 15.5 Å². The van der Waals surface area contributed by atoms with E-state index in [1.807, 2.05) is 0 Å². The molecule has 0 spiro atoms. The summed E-state index contributed by atoms with van der Waals surface area (Å²) in [5, 5.41) is 0.605. The number of hydrogen-bond acceptors (Lipinski definition) is 4. The van der Waals surface area contributed by atoms with Crippen LogP contribution in [0.2, 0.25) is 10.0 Å². The molecule has 0 unspecified atom stereocenters. The van der Waals surface area contributed by atoms with E-state index < -0.39 is 10.0 Å². The molecule has 112 valence electrons. The van der Waals surface area contributed by atoms with Crippen molar-refractivity contribution in [2.75, 3.05) is 17.6 Å². The monoisotopic (exact) mass is 346 g/mol. The van der Waals surface area contributed by atoms with Crippen LogP contribution >= 0.6 is 23.2 Å². The van der Waals surface area contributed by atoms with Gasteiger partial charge in [-0.25, -0.2) is 8.42 Å². The second kappa shape index (κ2) is 6.01. The molecule has 0 bridgehead atoms. The van der Waals surface area contributed by atoms with Gasteiger partial charge in [-0.3, -0.25) is 4.72 Å². The molecule has 0 aliphatic rings. The van der Waals surface area contributed by atoms with Crippen LogP contribution in [0.3, 0.4) is 0 Å². The quantitative estimate of drug-likeness (QED) is 0.831. The maximum Gasteiger partial charge on any atom is 0.265 e. The van der Waals surface area contributed by atoms with E-state index in [0.29, 0.717) is 10.7 Å². The van der Waals surface area contributed by atoms with Gasteiger partial charge in [0.1, 0.15) is 10.6 Å². The van der Waals surface area contributed by atoms with Crippen LogP contribution in [0, 0.1) is 0 Å². The Balaban J connectivity index is 2.43. The Morgan fingerprint density at radius 1 is 1.14 bits per heavy atom. The van der Waals surface area contributed by atoms with Gasteiger partial charge in [-0.2, -0.15) is 0 Å². The highest BCUT2D eigenvalue weighted by molar-refractivity contribution is 7.92. The molecule has 0 radical (unpaired) electrons. The Hall–Kier alpha value is -1.63. The van der Waals surface area contributed by atoms with Gasteiger partial charge >= 0.3 is 0 Å². The summed E-state index contributed by atoms with van der Waals surface area (Å²) in [4.78, 5) is -0.0368. The first kappa shape index (κ1) is 15.8. The van der Waals surface area contributed by atoms with Gasteiger partial charge in [-0.1, -0.05) is 23.2 Å². The minimum atomic E-state index is -3.87. The van der Waals surface area contributed by atoms with Crippen molar-refractivity contribution in [2.24, 2.45) is 0 Å². The summed E-state index contributed by atoms with van der Waals surface area (Å²) in [5.74, 6) is 0.146. The second-order valence-electron chi connectivity index (χ2n) is 4.14. The first-order valence-electron chi connectivity index (χ1n) is 5.75. The Kier molecular flexibility index (Phi) is 4.51. The van der Waals surface area contributed by atoms with E-state index >= 15 is 0 Å². The third-order valence-corrected chi connectivity index (χ3v) is 4.61. The molecule has 0 amide bonds. The van der Waals surface area contributed by atoms with Crippen molar-refractivity contribution in [1.82, 2.24) is 0 Å². The molecule has 21 heavy (non-hydrogen) atoms. The van der Waals surface area contributed by atoms with Gasteiger partial charge in [0.2, 0.25) is 0 Å². The van der Waals surface area contributed by atoms with E-state index in [1.165, 1.54) is 43.5 Å². The summed E-state index contributed by atoms with van der Waals surface area (Å²) in [7, 11) is -2.50. The second-order valence-corrected chi connectivity index (χ2v) is 6.63. The first-order valence-corrected chi connectivity index (χ1v) is 7.99. The van der Waals surface area contributed by atoms with Crippen molar-refractivity contribution in [1.29, 1.82) is 0 Å². The molecule has 5 nitrogen and oxygen atoms in total. The Labute approximate surface area is 132 Å². The van der Waals surface area contributed by atoms with Crippen molar-refractivity contribution >= 4 is 44.6 Å². The number of nitrogen functional groups attached to an aromatic ring is 1. The molecule has 0 saturated carbocycles. The highest BCUT2D eigenvalue weighted by atomic mass is 35.5. The van der Waals surface area contributed by atoms with Crippen LogP contribution in [0.25, 0.3) is 0 Å². The number of hydrogen-bond donors (Lipinski definition) is 2. The van der Waals surface area contributed by atoms with Gasteiger partial charge in [0, 0.05) is 16.8 Å². The Morgan fingerprint density at radius 3 is 2.48 bits per heavy atom. The molecule has 0 atom stereocenters. The number of benzene rings is 2. The summed E-state index contributed by atoms with van der Waals surface area (Å²) in [6.07, 6.45) is 0. The number of halogens is 2. The normalized spacial score (nSPS) is 11.2. The smallest absolute Gasteiger partial charge is 0.265 e. The average molecular weight is 347 g/mol. The van der Waals surface area contributed by atoms with Crippen molar-refractivity contribution in [3.05, 3.63) is 46.4 Å². The number of methoxy groups -OCH3 is 1. The topological polar surface area (TPSA) is 81.4 Å². The van der Waals surface area contributed by atoms with E-state index in [2.05, 4.69) is 4.72 Å². The molecule has 0 saturated heterocycles. The third-order valence-electron chi connectivity index (χ3n) is 2.65. The maximum absolute atomic E-state index is 12.4. The minimum absolute atomic E-state index is 0.0368. The van der Waals surface area contributed by atoms with Crippen molar-refractivity contribution in [3.8, 4) is 5.75 Å². The van der Waals surface area contributed by atoms with Crippen LogP contribution in [0.15, 0.2) is 41.3 Å². The van der Waals surface area contributed by atoms with Gasteiger partial charge in [-0.15, -0.1) is 0 Å². The molecule has 2 aromatic rings. The highest BCUT2D eigenvalue weighted by Crippen LogP contribution is 2.31. The molecule has 3 N–H and O–H groups in total. The van der Waals surface area contributed by atoms with E-state index in [9.17, 15) is 8.42 Å². The summed E-state index contributed by atoms with van der Waals surface area (Å²) in [5.41, 5.74) is 6.23. The fourth-order valence-corrected chi connectivity index (χ4v) is 3.42. The molecule has 0 aliphatic heterocycles. The van der Waals surface area contributed by atoms with E-state index in [1.54, 1.807) is 0 Å². The number of ether oxygens (including phenoxy) is 1. The zero-order valence-corrected chi connectivity index (χ0v) is 13.3. The van der Waals surface area contributed by atoms with Gasteiger partial charge in [0.15, 0.2) is 0 Å². The minimum Gasteiger partial charge on any atom is -0.495 e. The van der Waals surface area contributed by atoms with Crippen molar-refractivity contribution in [3.63, 3.8) is 0 Å². The number of anilines is 2. The summed E-state index contributed by atoms with van der Waals surface area (Å²) >= 11 is 11.7. The van der Waals surface area contributed by atoms with E-state index in [-0.39, 0.29) is 21.4 Å². The van der Waals surface area contributed by atoms with Gasteiger partial charge in [0.05, 0.1) is 17.8 Å². The fourth-order valence-electron chi connectivity index (χ4n) is 1.68. The molecule has 0 fully saturated rings. The van der Waals surface area contributed by atoms with E-state index in [4.69, 9.17) is 33.7 Å². The lowest BCUT2D eigenvalue weighted by molar-refractivity contribution is 0.403. The zero-order valence-electron chi connectivity index (χ0n) is 10.9. The lowest BCUT2D eigenvalue weighted by Gasteiger charge is -2.13. The molecule has 0 aliphatic carbocycles. The van der Waals surface area contributed by atoms with Gasteiger partial charge in [-0.05, 0) is 30.3 Å². The SMILES string of the molecule is COc1cc(N)ccc1S(=O)(=O)Nc1ccc(Cl)cc1Cl. The molecule has 0 aromatic heterocycles. The summed E-state index contributed by atoms with van der Waals surface area (Å²) in [6, 6.07) is 8.72. The van der Waals surface area contributed by atoms with E-state index in [0.717, 1.165) is 0 Å². The number of nitrogens with two attached hydrogens (primary N) is 1. The van der Waals surface area contributed by atoms with Crippen LogP contribution < -0.4 is 15.2 Å².